The van der Waals surface area contributed by atoms with Crippen molar-refractivity contribution in [3.8, 4) is 0 Å². The van der Waals surface area contributed by atoms with Crippen LogP contribution in [0.4, 0.5) is 0 Å². The average molecular weight is 239 g/mol. The standard InChI is InChI=1S/C15H29NO/c1-4-15-10-13(5-6-17-15)16-14-8-11(2)7-12(3)9-14/h11-16H,4-10H2,1-3H3. The Kier molecular flexibility index (Phi) is 4.87. The Balaban J connectivity index is 1.79. The van der Waals surface area contributed by atoms with Gasteiger partial charge in [0.2, 0.25) is 0 Å². The molecule has 2 rings (SSSR count). The van der Waals surface area contributed by atoms with Gasteiger partial charge in [0.05, 0.1) is 6.10 Å². The van der Waals surface area contributed by atoms with E-state index in [0.29, 0.717) is 12.1 Å². The highest BCUT2D eigenvalue weighted by Crippen LogP contribution is 2.29. The molecule has 1 saturated carbocycles. The van der Waals surface area contributed by atoms with E-state index in [1.165, 1.54) is 32.1 Å². The SMILES string of the molecule is CCC1CC(NC2CC(C)CC(C)C2)CCO1. The van der Waals surface area contributed by atoms with Crippen molar-refractivity contribution in [1.29, 1.82) is 0 Å². The van der Waals surface area contributed by atoms with Crippen LogP contribution in [0.2, 0.25) is 0 Å². The van der Waals surface area contributed by atoms with Crippen molar-refractivity contribution >= 4 is 0 Å². The second-order valence-corrected chi connectivity index (χ2v) is 6.40. The maximum atomic E-state index is 5.75. The van der Waals surface area contributed by atoms with E-state index in [4.69, 9.17) is 4.74 Å². The minimum absolute atomic E-state index is 0.500. The number of ether oxygens (including phenoxy) is 1. The zero-order chi connectivity index (χ0) is 12.3. The maximum absolute atomic E-state index is 5.75. The summed E-state index contributed by atoms with van der Waals surface area (Å²) in [4.78, 5) is 0. The van der Waals surface area contributed by atoms with Crippen molar-refractivity contribution in [2.75, 3.05) is 6.61 Å². The summed E-state index contributed by atoms with van der Waals surface area (Å²) in [7, 11) is 0. The van der Waals surface area contributed by atoms with Crippen molar-refractivity contribution in [1.82, 2.24) is 5.32 Å². The maximum Gasteiger partial charge on any atom is 0.0587 e. The van der Waals surface area contributed by atoms with E-state index in [9.17, 15) is 0 Å². The summed E-state index contributed by atoms with van der Waals surface area (Å²) in [6.45, 7) is 8.00. The molecule has 0 bridgehead atoms. The van der Waals surface area contributed by atoms with Crippen molar-refractivity contribution in [3.05, 3.63) is 0 Å². The van der Waals surface area contributed by atoms with E-state index >= 15 is 0 Å². The topological polar surface area (TPSA) is 21.3 Å². The molecule has 1 saturated heterocycles. The number of nitrogens with one attached hydrogen (secondary N) is 1. The lowest BCUT2D eigenvalue weighted by Gasteiger charge is -2.37. The Hall–Kier alpha value is -0.0800. The quantitative estimate of drug-likeness (QED) is 0.815. The van der Waals surface area contributed by atoms with Crippen molar-refractivity contribution in [2.45, 2.75) is 77.5 Å². The van der Waals surface area contributed by atoms with Crippen molar-refractivity contribution in [3.63, 3.8) is 0 Å². The smallest absolute Gasteiger partial charge is 0.0587 e. The van der Waals surface area contributed by atoms with Crippen LogP contribution < -0.4 is 5.32 Å². The van der Waals surface area contributed by atoms with Crippen LogP contribution >= 0.6 is 0 Å². The van der Waals surface area contributed by atoms with Gasteiger partial charge in [0, 0.05) is 18.7 Å². The zero-order valence-electron chi connectivity index (χ0n) is 11.7. The molecule has 1 N–H and O–H groups in total. The third-order valence-corrected chi connectivity index (χ3v) is 4.47. The van der Waals surface area contributed by atoms with Crippen LogP contribution in [0.25, 0.3) is 0 Å². The van der Waals surface area contributed by atoms with Crippen LogP contribution in [0.1, 0.15) is 59.3 Å². The first kappa shape index (κ1) is 13.4. The summed E-state index contributed by atoms with van der Waals surface area (Å²) in [5.74, 6) is 1.80. The minimum Gasteiger partial charge on any atom is -0.378 e. The predicted octanol–water partition coefficient (Wildman–Crippen LogP) is 3.36. The van der Waals surface area contributed by atoms with E-state index in [1.54, 1.807) is 0 Å². The molecular formula is C15H29NO. The molecule has 0 aromatic carbocycles. The highest BCUT2D eigenvalue weighted by Gasteiger charge is 2.28. The molecule has 0 aromatic heterocycles. The largest absolute Gasteiger partial charge is 0.378 e. The van der Waals surface area contributed by atoms with Gasteiger partial charge >= 0.3 is 0 Å². The molecule has 0 radical (unpaired) electrons. The van der Waals surface area contributed by atoms with Crippen molar-refractivity contribution < 1.29 is 4.74 Å². The predicted molar refractivity (Wildman–Crippen MR) is 72.2 cm³/mol. The number of hydrogen-bond acceptors (Lipinski definition) is 2. The second-order valence-electron chi connectivity index (χ2n) is 6.40. The average Bonchev–Trinajstić information content (AvgIpc) is 2.28. The first-order valence-corrected chi connectivity index (χ1v) is 7.55. The fraction of sp³-hybridized carbons (Fsp3) is 1.00. The minimum atomic E-state index is 0.500. The Morgan fingerprint density at radius 2 is 1.71 bits per heavy atom. The van der Waals surface area contributed by atoms with Gasteiger partial charge in [-0.25, -0.2) is 0 Å². The van der Waals surface area contributed by atoms with Crippen LogP contribution in [0.5, 0.6) is 0 Å². The Bertz CT molecular complexity index is 221. The summed E-state index contributed by atoms with van der Waals surface area (Å²) < 4.78 is 5.75. The molecule has 0 spiro atoms. The van der Waals surface area contributed by atoms with Gasteiger partial charge in [0.15, 0.2) is 0 Å². The van der Waals surface area contributed by atoms with Gasteiger partial charge in [-0.3, -0.25) is 0 Å². The van der Waals surface area contributed by atoms with Crippen LogP contribution in [0.3, 0.4) is 0 Å². The van der Waals surface area contributed by atoms with Gasteiger partial charge in [0.25, 0.3) is 0 Å². The molecule has 4 atom stereocenters. The molecule has 1 aliphatic heterocycles. The van der Waals surface area contributed by atoms with Gasteiger partial charge in [-0.05, 0) is 50.4 Å². The Morgan fingerprint density at radius 1 is 1.00 bits per heavy atom. The van der Waals surface area contributed by atoms with Gasteiger partial charge in [0.1, 0.15) is 0 Å². The molecule has 17 heavy (non-hydrogen) atoms. The van der Waals surface area contributed by atoms with Crippen LogP contribution in [0, 0.1) is 11.8 Å². The molecular weight excluding hydrogens is 210 g/mol. The number of hydrogen-bond donors (Lipinski definition) is 1. The molecule has 2 nitrogen and oxygen atoms in total. The van der Waals surface area contributed by atoms with Crippen LogP contribution in [-0.4, -0.2) is 24.8 Å². The molecule has 0 amide bonds. The second kappa shape index (κ2) is 6.19. The molecule has 4 unspecified atom stereocenters. The van der Waals surface area contributed by atoms with Crippen molar-refractivity contribution in [2.24, 2.45) is 11.8 Å². The number of rotatable bonds is 3. The van der Waals surface area contributed by atoms with Crippen LogP contribution in [0.15, 0.2) is 0 Å². The molecule has 100 valence electrons. The Morgan fingerprint density at radius 3 is 2.35 bits per heavy atom. The zero-order valence-corrected chi connectivity index (χ0v) is 11.7. The van der Waals surface area contributed by atoms with Gasteiger partial charge in [-0.15, -0.1) is 0 Å². The van der Waals surface area contributed by atoms with Gasteiger partial charge in [-0.2, -0.15) is 0 Å². The molecule has 1 aliphatic carbocycles. The lowest BCUT2D eigenvalue weighted by atomic mass is 9.80. The monoisotopic (exact) mass is 239 g/mol. The Labute approximate surface area is 107 Å². The molecule has 2 fully saturated rings. The lowest BCUT2D eigenvalue weighted by molar-refractivity contribution is -0.00376. The van der Waals surface area contributed by atoms with E-state index in [2.05, 4.69) is 26.1 Å². The molecule has 2 heteroatoms. The van der Waals surface area contributed by atoms with E-state index < -0.39 is 0 Å². The summed E-state index contributed by atoms with van der Waals surface area (Å²) in [5, 5.41) is 3.90. The normalized spacial score (nSPS) is 43.6. The molecule has 2 aliphatic rings. The highest BCUT2D eigenvalue weighted by atomic mass is 16.5. The lowest BCUT2D eigenvalue weighted by Crippen LogP contribution is -2.46. The van der Waals surface area contributed by atoms with Crippen LogP contribution in [-0.2, 0) is 4.74 Å². The van der Waals surface area contributed by atoms with E-state index in [-0.39, 0.29) is 0 Å². The third kappa shape index (κ3) is 3.96. The molecule has 0 aromatic rings. The highest BCUT2D eigenvalue weighted by molar-refractivity contribution is 4.85. The summed E-state index contributed by atoms with van der Waals surface area (Å²) in [6.07, 6.45) is 8.25. The fourth-order valence-corrected chi connectivity index (χ4v) is 3.73. The first-order valence-electron chi connectivity index (χ1n) is 7.55. The van der Waals surface area contributed by atoms with Gasteiger partial charge < -0.3 is 10.1 Å². The summed E-state index contributed by atoms with van der Waals surface area (Å²) in [5.41, 5.74) is 0. The molecule has 1 heterocycles. The summed E-state index contributed by atoms with van der Waals surface area (Å²) in [6, 6.07) is 1.46. The van der Waals surface area contributed by atoms with E-state index in [1.807, 2.05) is 0 Å². The first-order chi connectivity index (χ1) is 8.17. The van der Waals surface area contributed by atoms with Gasteiger partial charge in [-0.1, -0.05) is 20.8 Å². The summed E-state index contributed by atoms with van der Waals surface area (Å²) >= 11 is 0. The third-order valence-electron chi connectivity index (χ3n) is 4.47. The fourth-order valence-electron chi connectivity index (χ4n) is 3.73. The van der Waals surface area contributed by atoms with E-state index in [0.717, 1.165) is 30.9 Å².